The summed E-state index contributed by atoms with van der Waals surface area (Å²) in [5, 5.41) is 0.480. The van der Waals surface area contributed by atoms with Gasteiger partial charge in [0.05, 0.1) is 11.1 Å². The number of cyclic esters (lactones) is 1. The minimum Gasteiger partial charge on any atom is -0.454 e. The SMILES string of the molecule is CC1OC(=O)C(c2c(F)cc(F)cc2F)=C1c1ccc(Cl)cc1. The van der Waals surface area contributed by atoms with E-state index in [0.29, 0.717) is 28.3 Å². The number of benzene rings is 2. The van der Waals surface area contributed by atoms with Gasteiger partial charge in [-0.25, -0.2) is 18.0 Å². The lowest BCUT2D eigenvalue weighted by Crippen LogP contribution is -2.06. The first kappa shape index (κ1) is 15.6. The van der Waals surface area contributed by atoms with E-state index in [9.17, 15) is 18.0 Å². The van der Waals surface area contributed by atoms with Crippen LogP contribution in [-0.2, 0) is 9.53 Å². The standard InChI is InChI=1S/C17H10ClF3O2/c1-8-14(9-2-4-10(18)5-3-9)16(17(22)23-8)15-12(20)6-11(19)7-13(15)21/h2-8H,1H3. The molecule has 0 N–H and O–H groups in total. The maximum atomic E-state index is 14.1. The van der Waals surface area contributed by atoms with Gasteiger partial charge in [-0.15, -0.1) is 0 Å². The van der Waals surface area contributed by atoms with Crippen molar-refractivity contribution in [3.8, 4) is 0 Å². The average molecular weight is 339 g/mol. The zero-order chi connectivity index (χ0) is 16.7. The Morgan fingerprint density at radius 3 is 2.17 bits per heavy atom. The molecule has 1 unspecified atom stereocenters. The Balaban J connectivity index is 2.28. The molecular formula is C17H10ClF3O2. The van der Waals surface area contributed by atoms with Gasteiger partial charge in [-0.3, -0.25) is 0 Å². The van der Waals surface area contributed by atoms with Crippen molar-refractivity contribution in [1.29, 1.82) is 0 Å². The third-order valence-corrected chi connectivity index (χ3v) is 3.83. The summed E-state index contributed by atoms with van der Waals surface area (Å²) in [6.07, 6.45) is -0.692. The van der Waals surface area contributed by atoms with Crippen molar-refractivity contribution < 1.29 is 22.7 Å². The minimum absolute atomic E-state index is 0.241. The molecule has 0 aromatic heterocycles. The Bertz CT molecular complexity index is 805. The first-order valence-corrected chi connectivity index (χ1v) is 7.12. The van der Waals surface area contributed by atoms with E-state index in [1.165, 1.54) is 0 Å². The summed E-state index contributed by atoms with van der Waals surface area (Å²) in [5.74, 6) is -4.23. The van der Waals surface area contributed by atoms with E-state index in [1.54, 1.807) is 31.2 Å². The van der Waals surface area contributed by atoms with Crippen molar-refractivity contribution >= 4 is 28.7 Å². The lowest BCUT2D eigenvalue weighted by Gasteiger charge is -2.10. The van der Waals surface area contributed by atoms with Crippen molar-refractivity contribution in [2.75, 3.05) is 0 Å². The fraction of sp³-hybridized carbons (Fsp3) is 0.118. The molecule has 1 heterocycles. The van der Waals surface area contributed by atoms with Crippen molar-refractivity contribution in [3.05, 3.63) is 70.0 Å². The second-order valence-electron chi connectivity index (χ2n) is 5.09. The summed E-state index contributed by atoms with van der Waals surface area (Å²) < 4.78 is 46.3. The highest BCUT2D eigenvalue weighted by atomic mass is 35.5. The number of rotatable bonds is 2. The minimum atomic E-state index is -1.16. The molecule has 0 amide bonds. The van der Waals surface area contributed by atoms with Crippen LogP contribution < -0.4 is 0 Å². The maximum absolute atomic E-state index is 14.1. The van der Waals surface area contributed by atoms with Crippen LogP contribution in [0.2, 0.25) is 5.02 Å². The van der Waals surface area contributed by atoms with E-state index < -0.39 is 35.1 Å². The van der Waals surface area contributed by atoms with Gasteiger partial charge < -0.3 is 4.74 Å². The fourth-order valence-corrected chi connectivity index (χ4v) is 2.74. The summed E-state index contributed by atoms with van der Waals surface area (Å²) in [6.45, 7) is 1.59. The number of halogens is 4. The summed E-state index contributed by atoms with van der Waals surface area (Å²) in [4.78, 5) is 12.1. The van der Waals surface area contributed by atoms with Gasteiger partial charge in [0.1, 0.15) is 23.6 Å². The molecule has 1 aliphatic heterocycles. The van der Waals surface area contributed by atoms with Crippen LogP contribution in [0.3, 0.4) is 0 Å². The van der Waals surface area contributed by atoms with Gasteiger partial charge >= 0.3 is 5.97 Å². The maximum Gasteiger partial charge on any atom is 0.340 e. The van der Waals surface area contributed by atoms with Crippen LogP contribution in [0.1, 0.15) is 18.1 Å². The summed E-state index contributed by atoms with van der Waals surface area (Å²) in [5.41, 5.74) is 0.0440. The third kappa shape index (κ3) is 2.72. The molecule has 23 heavy (non-hydrogen) atoms. The molecule has 3 rings (SSSR count). The number of esters is 1. The van der Waals surface area contributed by atoms with Crippen molar-refractivity contribution in [2.45, 2.75) is 13.0 Å². The van der Waals surface area contributed by atoms with Gasteiger partial charge in [-0.1, -0.05) is 23.7 Å². The van der Waals surface area contributed by atoms with E-state index in [0.717, 1.165) is 0 Å². The summed E-state index contributed by atoms with van der Waals surface area (Å²) >= 11 is 5.83. The van der Waals surface area contributed by atoms with Gasteiger partial charge in [0.25, 0.3) is 0 Å². The lowest BCUT2D eigenvalue weighted by atomic mass is 9.93. The molecule has 0 spiro atoms. The van der Waals surface area contributed by atoms with Gasteiger partial charge in [-0.05, 0) is 24.6 Å². The van der Waals surface area contributed by atoms with E-state index in [4.69, 9.17) is 16.3 Å². The topological polar surface area (TPSA) is 26.3 Å². The summed E-state index contributed by atoms with van der Waals surface area (Å²) in [6, 6.07) is 7.48. The quantitative estimate of drug-likeness (QED) is 0.747. The second-order valence-corrected chi connectivity index (χ2v) is 5.52. The van der Waals surface area contributed by atoms with E-state index in [2.05, 4.69) is 0 Å². The zero-order valence-corrected chi connectivity index (χ0v) is 12.6. The van der Waals surface area contributed by atoms with Crippen LogP contribution in [0.15, 0.2) is 36.4 Å². The molecule has 2 aromatic rings. The molecule has 0 radical (unpaired) electrons. The average Bonchev–Trinajstić information content (AvgIpc) is 2.74. The molecule has 6 heteroatoms. The Morgan fingerprint density at radius 2 is 1.61 bits per heavy atom. The van der Waals surface area contributed by atoms with Crippen LogP contribution in [0.4, 0.5) is 13.2 Å². The normalized spacial score (nSPS) is 17.6. The molecule has 0 fully saturated rings. The summed E-state index contributed by atoms with van der Waals surface area (Å²) in [7, 11) is 0. The Morgan fingerprint density at radius 1 is 1.04 bits per heavy atom. The van der Waals surface area contributed by atoms with E-state index >= 15 is 0 Å². The molecular weight excluding hydrogens is 329 g/mol. The number of ether oxygens (including phenoxy) is 1. The molecule has 0 saturated heterocycles. The van der Waals surface area contributed by atoms with Gasteiger partial charge in [0.2, 0.25) is 0 Å². The van der Waals surface area contributed by atoms with Crippen LogP contribution in [0, 0.1) is 17.5 Å². The third-order valence-electron chi connectivity index (χ3n) is 3.58. The first-order chi connectivity index (χ1) is 10.9. The largest absolute Gasteiger partial charge is 0.454 e. The number of hydrogen-bond acceptors (Lipinski definition) is 2. The van der Waals surface area contributed by atoms with Crippen LogP contribution >= 0.6 is 11.6 Å². The molecule has 0 bridgehead atoms. The predicted molar refractivity (Wildman–Crippen MR) is 80.1 cm³/mol. The van der Waals surface area contributed by atoms with Crippen LogP contribution in [0.5, 0.6) is 0 Å². The molecule has 0 aliphatic carbocycles. The molecule has 1 aliphatic rings. The highest BCUT2D eigenvalue weighted by Crippen LogP contribution is 2.39. The first-order valence-electron chi connectivity index (χ1n) is 6.74. The smallest absolute Gasteiger partial charge is 0.340 e. The van der Waals surface area contributed by atoms with Gasteiger partial charge in [-0.2, -0.15) is 0 Å². The second kappa shape index (κ2) is 5.74. The fourth-order valence-electron chi connectivity index (χ4n) is 2.62. The molecule has 0 saturated carbocycles. The molecule has 118 valence electrons. The van der Waals surface area contributed by atoms with E-state index in [1.807, 2.05) is 0 Å². The molecule has 1 atom stereocenters. The zero-order valence-electron chi connectivity index (χ0n) is 11.9. The molecule has 2 nitrogen and oxygen atoms in total. The lowest BCUT2D eigenvalue weighted by molar-refractivity contribution is -0.136. The van der Waals surface area contributed by atoms with Gasteiger partial charge in [0, 0.05) is 22.7 Å². The van der Waals surface area contributed by atoms with Gasteiger partial charge in [0.15, 0.2) is 0 Å². The monoisotopic (exact) mass is 338 g/mol. The predicted octanol–water partition coefficient (Wildman–Crippen LogP) is 4.61. The van der Waals surface area contributed by atoms with Crippen molar-refractivity contribution in [1.82, 2.24) is 0 Å². The number of carbonyl (C=O) groups is 1. The van der Waals surface area contributed by atoms with Crippen LogP contribution in [-0.4, -0.2) is 12.1 Å². The Labute approximate surface area is 135 Å². The Kier molecular flexibility index (Phi) is 3.90. The number of carbonyl (C=O) groups excluding carboxylic acids is 1. The van der Waals surface area contributed by atoms with Crippen LogP contribution in [0.25, 0.3) is 11.1 Å². The highest BCUT2D eigenvalue weighted by molar-refractivity contribution is 6.31. The van der Waals surface area contributed by atoms with E-state index in [-0.39, 0.29) is 5.57 Å². The molecule has 2 aromatic carbocycles. The van der Waals surface area contributed by atoms with Crippen molar-refractivity contribution in [2.24, 2.45) is 0 Å². The number of hydrogen-bond donors (Lipinski definition) is 0. The Hall–Kier alpha value is -2.27. The highest BCUT2D eigenvalue weighted by Gasteiger charge is 2.36. The van der Waals surface area contributed by atoms with Crippen molar-refractivity contribution in [3.63, 3.8) is 0 Å².